The van der Waals surface area contributed by atoms with E-state index in [0.717, 1.165) is 19.9 Å². The van der Waals surface area contributed by atoms with E-state index >= 15 is 0 Å². The predicted octanol–water partition coefficient (Wildman–Crippen LogP) is 2.93. The van der Waals surface area contributed by atoms with Crippen molar-refractivity contribution in [3.05, 3.63) is 33.3 Å². The van der Waals surface area contributed by atoms with Gasteiger partial charge >= 0.3 is 0 Å². The van der Waals surface area contributed by atoms with Crippen molar-refractivity contribution < 1.29 is 14.1 Å². The van der Waals surface area contributed by atoms with Gasteiger partial charge in [0.2, 0.25) is 0 Å². The molecular formula is C10H10ClFN2O3. The second-order valence-electron chi connectivity index (χ2n) is 3.85. The van der Waals surface area contributed by atoms with E-state index in [1.807, 2.05) is 0 Å². The van der Waals surface area contributed by atoms with Crippen LogP contribution in [0.5, 0.6) is 0 Å². The van der Waals surface area contributed by atoms with Crippen LogP contribution in [0, 0.1) is 10.1 Å². The maximum atomic E-state index is 13.2. The molecule has 0 atom stereocenters. The van der Waals surface area contributed by atoms with Gasteiger partial charge in [-0.3, -0.25) is 14.9 Å². The van der Waals surface area contributed by atoms with Crippen molar-refractivity contribution in [1.29, 1.82) is 0 Å². The van der Waals surface area contributed by atoms with Gasteiger partial charge in [0.05, 0.1) is 4.92 Å². The Balaban J connectivity index is 2.98. The van der Waals surface area contributed by atoms with Gasteiger partial charge in [-0.05, 0) is 26.0 Å². The minimum atomic E-state index is -2.06. The normalized spacial score (nSPS) is 11.1. The van der Waals surface area contributed by atoms with Crippen LogP contribution in [0.3, 0.4) is 0 Å². The van der Waals surface area contributed by atoms with Gasteiger partial charge in [0.15, 0.2) is 5.67 Å². The lowest BCUT2D eigenvalue weighted by atomic mass is 10.1. The highest BCUT2D eigenvalue weighted by atomic mass is 35.5. The number of nitrogens with one attached hydrogen (secondary N) is 1. The highest BCUT2D eigenvalue weighted by Crippen LogP contribution is 2.27. The molecule has 1 rings (SSSR count). The molecule has 0 aliphatic carbocycles. The minimum absolute atomic E-state index is 0.0486. The molecule has 0 aromatic heterocycles. The van der Waals surface area contributed by atoms with E-state index in [2.05, 4.69) is 5.32 Å². The summed E-state index contributed by atoms with van der Waals surface area (Å²) in [5, 5.41) is 12.8. The first-order valence-corrected chi connectivity index (χ1v) is 5.04. The maximum Gasteiger partial charge on any atom is 0.289 e. The number of rotatable bonds is 3. The van der Waals surface area contributed by atoms with Gasteiger partial charge in [0, 0.05) is 11.8 Å². The molecule has 0 heterocycles. The molecular weight excluding hydrogens is 251 g/mol. The van der Waals surface area contributed by atoms with E-state index in [9.17, 15) is 19.3 Å². The maximum absolute atomic E-state index is 13.2. The fraction of sp³-hybridized carbons (Fsp3) is 0.300. The lowest BCUT2D eigenvalue weighted by molar-refractivity contribution is -0.384. The van der Waals surface area contributed by atoms with Crippen molar-refractivity contribution in [3.63, 3.8) is 0 Å². The fourth-order valence-electron chi connectivity index (χ4n) is 1.01. The molecule has 0 unspecified atom stereocenters. The number of amides is 1. The molecule has 0 aliphatic rings. The molecule has 0 radical (unpaired) electrons. The van der Waals surface area contributed by atoms with Crippen LogP contribution < -0.4 is 5.32 Å². The van der Waals surface area contributed by atoms with Gasteiger partial charge in [-0.15, -0.1) is 0 Å². The highest BCUT2D eigenvalue weighted by Gasteiger charge is 2.27. The highest BCUT2D eigenvalue weighted by molar-refractivity contribution is 6.32. The molecule has 0 spiro atoms. The topological polar surface area (TPSA) is 72.2 Å². The van der Waals surface area contributed by atoms with E-state index in [0.29, 0.717) is 0 Å². The van der Waals surface area contributed by atoms with Crippen molar-refractivity contribution in [2.24, 2.45) is 0 Å². The number of carbonyl (C=O) groups excluding carboxylic acids is 1. The SMILES string of the molecule is CC(C)(F)C(=O)Nc1ccc(Cl)c([N+](=O)[O-])c1. The number of hydrogen-bond acceptors (Lipinski definition) is 3. The number of anilines is 1. The van der Waals surface area contributed by atoms with Crippen LogP contribution in [0.25, 0.3) is 0 Å². The zero-order valence-electron chi connectivity index (χ0n) is 9.16. The van der Waals surface area contributed by atoms with Crippen LogP contribution >= 0.6 is 11.6 Å². The van der Waals surface area contributed by atoms with E-state index in [1.54, 1.807) is 0 Å². The fourth-order valence-corrected chi connectivity index (χ4v) is 1.20. The molecule has 0 aliphatic heterocycles. The third-order valence-corrected chi connectivity index (χ3v) is 2.26. The molecule has 1 amide bonds. The lowest BCUT2D eigenvalue weighted by Gasteiger charge is -2.13. The van der Waals surface area contributed by atoms with Crippen LogP contribution in [0.15, 0.2) is 18.2 Å². The second-order valence-corrected chi connectivity index (χ2v) is 4.26. The minimum Gasteiger partial charge on any atom is -0.323 e. The first-order chi connectivity index (χ1) is 7.71. The summed E-state index contributed by atoms with van der Waals surface area (Å²) in [6.07, 6.45) is 0. The average molecular weight is 261 g/mol. The quantitative estimate of drug-likeness (QED) is 0.671. The Bertz CT molecular complexity index is 471. The van der Waals surface area contributed by atoms with E-state index in [-0.39, 0.29) is 16.4 Å². The molecule has 1 aromatic carbocycles. The molecule has 92 valence electrons. The van der Waals surface area contributed by atoms with E-state index in [4.69, 9.17) is 11.6 Å². The van der Waals surface area contributed by atoms with Gasteiger partial charge < -0.3 is 5.32 Å². The zero-order valence-corrected chi connectivity index (χ0v) is 9.92. The van der Waals surface area contributed by atoms with Gasteiger partial charge in [-0.2, -0.15) is 0 Å². The Morgan fingerprint density at radius 1 is 1.53 bits per heavy atom. The summed E-state index contributed by atoms with van der Waals surface area (Å²) in [7, 11) is 0. The lowest BCUT2D eigenvalue weighted by Crippen LogP contribution is -2.32. The van der Waals surface area contributed by atoms with Crippen molar-refractivity contribution in [3.8, 4) is 0 Å². The van der Waals surface area contributed by atoms with Gasteiger partial charge in [-0.25, -0.2) is 4.39 Å². The zero-order chi connectivity index (χ0) is 13.2. The van der Waals surface area contributed by atoms with Crippen LogP contribution in [0.1, 0.15) is 13.8 Å². The number of hydrogen-bond donors (Lipinski definition) is 1. The number of nitro benzene ring substituents is 1. The van der Waals surface area contributed by atoms with Crippen LogP contribution in [-0.2, 0) is 4.79 Å². The third-order valence-electron chi connectivity index (χ3n) is 1.94. The van der Waals surface area contributed by atoms with Gasteiger partial charge in [-0.1, -0.05) is 11.6 Å². The summed E-state index contributed by atoms with van der Waals surface area (Å²) in [6.45, 7) is 2.18. The second kappa shape index (κ2) is 4.67. The van der Waals surface area contributed by atoms with Crippen LogP contribution in [0.2, 0.25) is 5.02 Å². The molecule has 0 saturated carbocycles. The standard InChI is InChI=1S/C10H10ClFN2O3/c1-10(2,12)9(15)13-6-3-4-7(11)8(5-6)14(16)17/h3-5H,1-2H3,(H,13,15). The summed E-state index contributed by atoms with van der Waals surface area (Å²) in [6, 6.07) is 3.70. The van der Waals surface area contributed by atoms with Gasteiger partial charge in [0.25, 0.3) is 11.6 Å². The summed E-state index contributed by atoms with van der Waals surface area (Å²) in [4.78, 5) is 21.2. The molecule has 0 saturated heterocycles. The largest absolute Gasteiger partial charge is 0.323 e. The molecule has 5 nitrogen and oxygen atoms in total. The number of nitro groups is 1. The smallest absolute Gasteiger partial charge is 0.289 e. The van der Waals surface area contributed by atoms with E-state index in [1.165, 1.54) is 12.1 Å². The molecule has 7 heteroatoms. The number of alkyl halides is 1. The van der Waals surface area contributed by atoms with Crippen molar-refractivity contribution in [2.45, 2.75) is 19.5 Å². The summed E-state index contributed by atoms with van der Waals surface area (Å²) in [5.41, 5.74) is -2.29. The Morgan fingerprint density at radius 3 is 2.59 bits per heavy atom. The summed E-state index contributed by atoms with van der Waals surface area (Å²) < 4.78 is 13.2. The molecule has 17 heavy (non-hydrogen) atoms. The number of halogens is 2. The Kier molecular flexibility index (Phi) is 3.67. The Hall–Kier alpha value is -1.69. The summed E-state index contributed by atoms with van der Waals surface area (Å²) in [5.74, 6) is -0.880. The molecule has 1 N–H and O–H groups in total. The average Bonchev–Trinajstić information content (AvgIpc) is 2.19. The van der Waals surface area contributed by atoms with Crippen molar-refractivity contribution in [2.75, 3.05) is 5.32 Å². The molecule has 0 fully saturated rings. The first kappa shape index (κ1) is 13.4. The predicted molar refractivity (Wildman–Crippen MR) is 61.9 cm³/mol. The van der Waals surface area contributed by atoms with Crippen molar-refractivity contribution in [1.82, 2.24) is 0 Å². The first-order valence-electron chi connectivity index (χ1n) is 4.66. The Morgan fingerprint density at radius 2 is 2.12 bits per heavy atom. The summed E-state index contributed by atoms with van der Waals surface area (Å²) >= 11 is 5.59. The number of carbonyl (C=O) groups is 1. The molecule has 0 bridgehead atoms. The monoisotopic (exact) mass is 260 g/mol. The van der Waals surface area contributed by atoms with Gasteiger partial charge in [0.1, 0.15) is 5.02 Å². The number of nitrogens with zero attached hydrogens (tertiary/aromatic N) is 1. The van der Waals surface area contributed by atoms with Crippen molar-refractivity contribution >= 4 is 28.9 Å². The number of benzene rings is 1. The Labute approximate surface area is 102 Å². The third kappa shape index (κ3) is 3.39. The molecule has 1 aromatic rings. The van der Waals surface area contributed by atoms with Crippen LogP contribution in [0.4, 0.5) is 15.8 Å². The van der Waals surface area contributed by atoms with Crippen LogP contribution in [-0.4, -0.2) is 16.5 Å². The van der Waals surface area contributed by atoms with E-state index < -0.39 is 16.5 Å².